The monoisotopic (exact) mass is 1380 g/mol. The molecule has 12 heteroatoms. The number of halogens is 8. The predicted molar refractivity (Wildman–Crippen MR) is 415 cm³/mol. The number of nitrogens with one attached hydrogen (secondary N) is 2. The van der Waals surface area contributed by atoms with E-state index in [0.717, 1.165) is 218 Å². The van der Waals surface area contributed by atoms with E-state index in [1.807, 2.05) is 48.5 Å². The number of benzene rings is 12. The summed E-state index contributed by atoms with van der Waals surface area (Å²) in [6, 6.07) is 75.4. The Morgan fingerprint density at radius 3 is 0.542 bits per heavy atom. The molecule has 450 valence electrons. The van der Waals surface area contributed by atoms with E-state index in [-0.39, 0.29) is 0 Å². The van der Waals surface area contributed by atoms with E-state index in [1.165, 1.54) is 0 Å². The number of aromatic nitrogens is 4. The van der Waals surface area contributed by atoms with E-state index in [1.54, 1.807) is 0 Å². The van der Waals surface area contributed by atoms with E-state index < -0.39 is 0 Å². The molecule has 0 aliphatic rings. The summed E-state index contributed by atoms with van der Waals surface area (Å²) in [7, 11) is 0. The molecule has 0 saturated heterocycles. The summed E-state index contributed by atoms with van der Waals surface area (Å²) < 4.78 is 0. The number of nitrogens with zero attached hydrogens (tertiary/aromatic N) is 2. The van der Waals surface area contributed by atoms with Gasteiger partial charge in [0.05, 0.1) is 44.1 Å². The second kappa shape index (κ2) is 20.1. The summed E-state index contributed by atoms with van der Waals surface area (Å²) in [5, 5.41) is 26.5. The molecular weight excluding hydrogens is 1350 g/mol. The third-order valence-corrected chi connectivity index (χ3v) is 23.0. The Balaban J connectivity index is 1.19. The zero-order valence-electron chi connectivity index (χ0n) is 49.7. The van der Waals surface area contributed by atoms with Gasteiger partial charge in [0.2, 0.25) is 0 Å². The Labute approximate surface area is 584 Å². The highest BCUT2D eigenvalue weighted by Gasteiger charge is 2.33. The number of hydrogen-bond donors (Lipinski definition) is 2. The molecule has 0 radical (unpaired) electrons. The normalized spacial score (nSPS) is 12.6. The Morgan fingerprint density at radius 2 is 0.354 bits per heavy atom. The number of rotatable bonds is 4. The van der Waals surface area contributed by atoms with Crippen LogP contribution in [0.25, 0.3) is 218 Å². The summed E-state index contributed by atoms with van der Waals surface area (Å²) in [6.07, 6.45) is 0. The summed E-state index contributed by atoms with van der Waals surface area (Å²) in [5.41, 5.74) is 13.4. The molecule has 8 bridgehead atoms. The average molecular weight is 1390 g/mol. The van der Waals surface area contributed by atoms with Crippen LogP contribution in [0.15, 0.2) is 218 Å². The minimum atomic E-state index is 0.550. The zero-order valence-corrected chi connectivity index (χ0v) is 55.8. The van der Waals surface area contributed by atoms with Gasteiger partial charge in [-0.15, -0.1) is 0 Å². The Hall–Kier alpha value is -9.40. The van der Waals surface area contributed by atoms with Crippen LogP contribution in [0.3, 0.4) is 0 Å². The molecule has 4 aromatic heterocycles. The molecule has 17 aromatic carbocycles. The van der Waals surface area contributed by atoms with Crippen molar-refractivity contribution in [3.05, 3.63) is 259 Å². The van der Waals surface area contributed by atoms with Crippen molar-refractivity contribution in [2.75, 3.05) is 0 Å². The Bertz CT molecular complexity index is 5960. The van der Waals surface area contributed by atoms with Crippen LogP contribution < -0.4 is 0 Å². The molecule has 96 heavy (non-hydrogen) atoms. The lowest BCUT2D eigenvalue weighted by molar-refractivity contribution is 1.49. The van der Waals surface area contributed by atoms with Gasteiger partial charge in [-0.1, -0.05) is 263 Å². The standard InChI is InChI=1S/C84H38Cl8N4/c85-49-29-21-41-61-43(23-31-51(87)73(49)61)67-65(41)77-57(37-13-5-1-6-14-37)78-66-42-22-30-50(86)74-52(88)32-24-44(62(42)74)68(66)80(94-78)59(39-17-9-3-10-18-39)82-70-46-26-34-54(90)76-56(92)36-28-48(64(46)76)72(70)84(96-82)60(40-19-11-4-12-20-40)83-71-47-27-35-55(91)75-53(89)33-25-45(63(47)75)69(71)81(95-83)58(79(67)93-77)38-15-7-2-8-16-38/h1-36,93,96H. The molecule has 0 amide bonds. The summed E-state index contributed by atoms with van der Waals surface area (Å²) >= 11 is 59.1. The molecular formula is C84H38Cl8N4. The molecule has 2 N–H and O–H groups in total. The molecule has 21 aromatic rings. The Kier molecular flexibility index (Phi) is 11.7. The highest BCUT2D eigenvalue weighted by molar-refractivity contribution is 6.55. The van der Waals surface area contributed by atoms with Gasteiger partial charge >= 0.3 is 0 Å². The van der Waals surface area contributed by atoms with Crippen LogP contribution in [0, 0.1) is 0 Å². The van der Waals surface area contributed by atoms with Crippen molar-refractivity contribution >= 4 is 266 Å². The first kappa shape index (κ1) is 55.8. The average Bonchev–Trinajstić information content (AvgIpc) is 1.52. The molecule has 4 nitrogen and oxygen atoms in total. The largest absolute Gasteiger partial charge is 0.353 e. The molecule has 0 aliphatic heterocycles. The van der Waals surface area contributed by atoms with Gasteiger partial charge in [0.15, 0.2) is 0 Å². The second-order valence-electron chi connectivity index (χ2n) is 25.1. The van der Waals surface area contributed by atoms with Crippen molar-refractivity contribution < 1.29 is 0 Å². The van der Waals surface area contributed by atoms with Crippen LogP contribution in [-0.4, -0.2) is 19.9 Å². The van der Waals surface area contributed by atoms with Crippen LogP contribution >= 0.6 is 92.8 Å². The van der Waals surface area contributed by atoms with Gasteiger partial charge in [0.25, 0.3) is 0 Å². The number of aromatic amines is 2. The lowest BCUT2D eigenvalue weighted by Crippen LogP contribution is -1.87. The second-order valence-corrected chi connectivity index (χ2v) is 28.3. The van der Waals surface area contributed by atoms with Crippen molar-refractivity contribution in [2.24, 2.45) is 0 Å². The van der Waals surface area contributed by atoms with Gasteiger partial charge in [0, 0.05) is 149 Å². The molecule has 0 unspecified atom stereocenters. The minimum absolute atomic E-state index is 0.550. The number of H-pyrrole nitrogens is 2. The van der Waals surface area contributed by atoms with E-state index in [0.29, 0.717) is 40.2 Å². The van der Waals surface area contributed by atoms with Crippen LogP contribution in [0.4, 0.5) is 0 Å². The Morgan fingerprint density at radius 1 is 0.177 bits per heavy atom. The zero-order chi connectivity index (χ0) is 64.0. The molecule has 0 atom stereocenters. The SMILES string of the molecule is Clc1ccc2c3c1c(Cl)ccc3c1c3nc(c(-c4ccccc4)c4[nH]c(c(-c5ccccc5)c5nc(c(-c6ccccc6)c6[nH]c(c3-c3ccccc3)c3c7ccc(Cl)c8c(Cl)ccc(c87)c63)c3c6ccc(Cl)c7c(Cl)ccc(c76)c53)c3c5ccc(Cl)c6c(Cl)ccc(c65)c43)c21. The van der Waals surface area contributed by atoms with Crippen LogP contribution in [0.2, 0.25) is 40.2 Å². The summed E-state index contributed by atoms with van der Waals surface area (Å²) in [6.45, 7) is 0. The van der Waals surface area contributed by atoms with Gasteiger partial charge in [-0.2, -0.15) is 0 Å². The van der Waals surface area contributed by atoms with E-state index >= 15 is 0 Å². The third-order valence-electron chi connectivity index (χ3n) is 20.5. The van der Waals surface area contributed by atoms with E-state index in [2.05, 4.69) is 180 Å². The maximum absolute atomic E-state index is 7.39. The van der Waals surface area contributed by atoms with Gasteiger partial charge in [-0.25, -0.2) is 9.97 Å². The first-order valence-electron chi connectivity index (χ1n) is 31.3. The van der Waals surface area contributed by atoms with Crippen LogP contribution in [0.1, 0.15) is 0 Å². The van der Waals surface area contributed by atoms with Crippen molar-refractivity contribution in [1.29, 1.82) is 0 Å². The molecule has 0 spiro atoms. The highest BCUT2D eigenvalue weighted by atomic mass is 35.5. The topological polar surface area (TPSA) is 57.4 Å². The van der Waals surface area contributed by atoms with Crippen molar-refractivity contribution in [2.45, 2.75) is 0 Å². The van der Waals surface area contributed by atoms with Gasteiger partial charge in [0.1, 0.15) is 0 Å². The predicted octanol–water partition coefficient (Wildman–Crippen LogP) is 28.4. The first-order valence-corrected chi connectivity index (χ1v) is 34.4. The lowest BCUT2D eigenvalue weighted by atomic mass is 10.00. The van der Waals surface area contributed by atoms with Crippen molar-refractivity contribution in [3.63, 3.8) is 0 Å². The van der Waals surface area contributed by atoms with Crippen molar-refractivity contribution in [1.82, 2.24) is 19.9 Å². The molecule has 21 rings (SSSR count). The lowest BCUT2D eigenvalue weighted by Gasteiger charge is -2.09. The molecule has 0 saturated carbocycles. The fourth-order valence-corrected chi connectivity index (χ4v) is 19.1. The maximum atomic E-state index is 7.39. The molecule has 0 fully saturated rings. The smallest absolute Gasteiger partial charge is 0.0822 e. The minimum Gasteiger partial charge on any atom is -0.353 e. The molecule has 4 heterocycles. The number of hydrogen-bond acceptors (Lipinski definition) is 2. The maximum Gasteiger partial charge on any atom is 0.0822 e. The van der Waals surface area contributed by atoms with Gasteiger partial charge < -0.3 is 9.97 Å². The van der Waals surface area contributed by atoms with Gasteiger partial charge in [-0.05, 0) is 114 Å². The van der Waals surface area contributed by atoms with E-state index in [4.69, 9.17) is 103 Å². The summed E-state index contributed by atoms with van der Waals surface area (Å²) in [5.74, 6) is 0. The summed E-state index contributed by atoms with van der Waals surface area (Å²) in [4.78, 5) is 21.4. The fourth-order valence-electron chi connectivity index (χ4n) is 16.9. The third kappa shape index (κ3) is 7.20. The van der Waals surface area contributed by atoms with E-state index in [9.17, 15) is 0 Å². The van der Waals surface area contributed by atoms with Crippen molar-refractivity contribution in [3.8, 4) is 44.5 Å². The fraction of sp³-hybridized carbons (Fsp3) is 0. The van der Waals surface area contributed by atoms with Crippen LogP contribution in [-0.2, 0) is 0 Å². The van der Waals surface area contributed by atoms with Gasteiger partial charge in [-0.3, -0.25) is 0 Å². The highest BCUT2D eigenvalue weighted by Crippen LogP contribution is 2.58. The quantitative estimate of drug-likeness (QED) is 0.184. The van der Waals surface area contributed by atoms with Crippen LogP contribution in [0.5, 0.6) is 0 Å². The first-order chi connectivity index (χ1) is 47.0. The molecule has 0 aliphatic carbocycles.